The van der Waals surface area contributed by atoms with Gasteiger partial charge in [0.25, 0.3) is 0 Å². The molecule has 1 saturated heterocycles. The monoisotopic (exact) mass is 320 g/mol. The van der Waals surface area contributed by atoms with E-state index in [-0.39, 0.29) is 5.91 Å². The van der Waals surface area contributed by atoms with Crippen molar-refractivity contribution >= 4 is 12.0 Å². The third-order valence-electron chi connectivity index (χ3n) is 3.68. The summed E-state index contributed by atoms with van der Waals surface area (Å²) in [6.45, 7) is 4.84. The van der Waals surface area contributed by atoms with Crippen LogP contribution in [0.2, 0.25) is 0 Å². The maximum Gasteiger partial charge on any atom is 0.244 e. The normalized spacial score (nSPS) is 15.6. The van der Waals surface area contributed by atoms with Gasteiger partial charge in [0.2, 0.25) is 5.91 Å². The molecule has 2 rings (SSSR count). The minimum absolute atomic E-state index is 0.122. The summed E-state index contributed by atoms with van der Waals surface area (Å²) in [7, 11) is 3.20. The molecule has 0 spiro atoms. The van der Waals surface area contributed by atoms with Gasteiger partial charge in [-0.15, -0.1) is 0 Å². The number of ether oxygens (including phenoxy) is 3. The van der Waals surface area contributed by atoms with Crippen LogP contribution in [0.1, 0.15) is 5.56 Å². The Bertz CT molecular complexity index is 539. The van der Waals surface area contributed by atoms with Crippen molar-refractivity contribution in [2.45, 2.75) is 0 Å². The SMILES string of the molecule is COc1ccc(OC)c(/C=C/C(=O)NCCN2CCOCC2)c1. The Kier molecular flexibility index (Phi) is 6.90. The highest BCUT2D eigenvalue weighted by molar-refractivity contribution is 5.92. The summed E-state index contributed by atoms with van der Waals surface area (Å²) in [5.41, 5.74) is 0.801. The van der Waals surface area contributed by atoms with Crippen molar-refractivity contribution in [2.24, 2.45) is 0 Å². The third-order valence-corrected chi connectivity index (χ3v) is 3.68. The maximum absolute atomic E-state index is 11.9. The number of nitrogens with one attached hydrogen (secondary N) is 1. The van der Waals surface area contributed by atoms with Crippen molar-refractivity contribution in [3.8, 4) is 11.5 Å². The van der Waals surface area contributed by atoms with E-state index in [0.717, 1.165) is 44.2 Å². The second kappa shape index (κ2) is 9.17. The van der Waals surface area contributed by atoms with Gasteiger partial charge in [-0.25, -0.2) is 0 Å². The number of morpholine rings is 1. The Morgan fingerprint density at radius 3 is 2.78 bits per heavy atom. The van der Waals surface area contributed by atoms with Crippen LogP contribution >= 0.6 is 0 Å². The Morgan fingerprint density at radius 1 is 1.30 bits per heavy atom. The van der Waals surface area contributed by atoms with Crippen molar-refractivity contribution in [2.75, 3.05) is 53.6 Å². The van der Waals surface area contributed by atoms with Crippen molar-refractivity contribution in [3.63, 3.8) is 0 Å². The number of rotatable bonds is 7. The second-order valence-corrected chi connectivity index (χ2v) is 5.19. The Hall–Kier alpha value is -2.05. The molecule has 0 atom stereocenters. The van der Waals surface area contributed by atoms with Crippen LogP contribution in [0.5, 0.6) is 11.5 Å². The van der Waals surface area contributed by atoms with Gasteiger partial charge < -0.3 is 19.5 Å². The fourth-order valence-electron chi connectivity index (χ4n) is 2.36. The lowest BCUT2D eigenvalue weighted by molar-refractivity contribution is -0.116. The molecule has 23 heavy (non-hydrogen) atoms. The molecule has 0 bridgehead atoms. The van der Waals surface area contributed by atoms with Gasteiger partial charge in [0.05, 0.1) is 27.4 Å². The van der Waals surface area contributed by atoms with Crippen LogP contribution in [-0.2, 0) is 9.53 Å². The first kappa shape index (κ1) is 17.3. The number of hydrogen-bond acceptors (Lipinski definition) is 5. The van der Waals surface area contributed by atoms with E-state index in [0.29, 0.717) is 12.3 Å². The average Bonchev–Trinajstić information content (AvgIpc) is 2.60. The molecule has 0 unspecified atom stereocenters. The van der Waals surface area contributed by atoms with Gasteiger partial charge >= 0.3 is 0 Å². The molecule has 1 amide bonds. The van der Waals surface area contributed by atoms with E-state index in [9.17, 15) is 4.79 Å². The summed E-state index contributed by atoms with van der Waals surface area (Å²) in [5, 5.41) is 2.89. The number of benzene rings is 1. The smallest absolute Gasteiger partial charge is 0.244 e. The van der Waals surface area contributed by atoms with Crippen LogP contribution in [0.4, 0.5) is 0 Å². The van der Waals surface area contributed by atoms with Crippen LogP contribution < -0.4 is 14.8 Å². The minimum atomic E-state index is -0.122. The van der Waals surface area contributed by atoms with Gasteiger partial charge in [-0.1, -0.05) is 0 Å². The fourth-order valence-corrected chi connectivity index (χ4v) is 2.36. The molecule has 1 aromatic carbocycles. The van der Waals surface area contributed by atoms with E-state index in [2.05, 4.69) is 10.2 Å². The van der Waals surface area contributed by atoms with Crippen LogP contribution in [0, 0.1) is 0 Å². The van der Waals surface area contributed by atoms with E-state index in [1.807, 2.05) is 18.2 Å². The first-order valence-electron chi connectivity index (χ1n) is 7.71. The zero-order valence-electron chi connectivity index (χ0n) is 13.7. The summed E-state index contributed by atoms with van der Waals surface area (Å²) in [5.74, 6) is 1.30. The lowest BCUT2D eigenvalue weighted by Gasteiger charge is -2.26. The van der Waals surface area contributed by atoms with E-state index in [1.165, 1.54) is 6.08 Å². The number of amides is 1. The van der Waals surface area contributed by atoms with Crippen LogP contribution in [0.15, 0.2) is 24.3 Å². The molecule has 1 aromatic rings. The van der Waals surface area contributed by atoms with Gasteiger partial charge in [0.1, 0.15) is 11.5 Å². The summed E-state index contributed by atoms with van der Waals surface area (Å²) >= 11 is 0. The van der Waals surface area contributed by atoms with E-state index in [1.54, 1.807) is 20.3 Å². The van der Waals surface area contributed by atoms with Gasteiger partial charge in [-0.2, -0.15) is 0 Å². The molecular weight excluding hydrogens is 296 g/mol. The zero-order chi connectivity index (χ0) is 16.5. The quantitative estimate of drug-likeness (QED) is 0.764. The van der Waals surface area contributed by atoms with Crippen LogP contribution in [-0.4, -0.2) is 64.4 Å². The summed E-state index contributed by atoms with van der Waals surface area (Å²) in [6, 6.07) is 5.46. The predicted octanol–water partition coefficient (Wildman–Crippen LogP) is 1.17. The highest BCUT2D eigenvalue weighted by Gasteiger charge is 2.09. The highest BCUT2D eigenvalue weighted by Crippen LogP contribution is 2.24. The summed E-state index contributed by atoms with van der Waals surface area (Å²) < 4.78 is 15.8. The molecule has 0 aliphatic carbocycles. The van der Waals surface area contributed by atoms with Crippen LogP contribution in [0.3, 0.4) is 0 Å². The second-order valence-electron chi connectivity index (χ2n) is 5.19. The molecule has 1 fully saturated rings. The number of methoxy groups -OCH3 is 2. The largest absolute Gasteiger partial charge is 0.497 e. The lowest BCUT2D eigenvalue weighted by atomic mass is 10.1. The van der Waals surface area contributed by atoms with Crippen molar-refractivity contribution in [1.29, 1.82) is 0 Å². The Labute approximate surface area is 137 Å². The summed E-state index contributed by atoms with van der Waals surface area (Å²) in [6.07, 6.45) is 3.24. The fraction of sp³-hybridized carbons (Fsp3) is 0.471. The predicted molar refractivity (Wildman–Crippen MR) is 88.8 cm³/mol. The molecule has 6 nitrogen and oxygen atoms in total. The number of carbonyl (C=O) groups is 1. The molecular formula is C17H24N2O4. The van der Waals surface area contributed by atoms with E-state index in [4.69, 9.17) is 14.2 Å². The Morgan fingerprint density at radius 2 is 2.09 bits per heavy atom. The molecule has 1 aliphatic heterocycles. The van der Waals surface area contributed by atoms with E-state index >= 15 is 0 Å². The standard InChI is InChI=1S/C17H24N2O4/c1-21-15-4-5-16(22-2)14(13-15)3-6-17(20)18-7-8-19-9-11-23-12-10-19/h3-6,13H,7-12H2,1-2H3,(H,18,20)/b6-3+. The highest BCUT2D eigenvalue weighted by atomic mass is 16.5. The van der Waals surface area contributed by atoms with Crippen LogP contribution in [0.25, 0.3) is 6.08 Å². The van der Waals surface area contributed by atoms with Gasteiger partial charge in [-0.05, 0) is 24.3 Å². The molecule has 6 heteroatoms. The number of carbonyl (C=O) groups excluding carboxylic acids is 1. The Balaban J connectivity index is 1.83. The molecule has 1 heterocycles. The number of nitrogens with zero attached hydrogens (tertiary/aromatic N) is 1. The minimum Gasteiger partial charge on any atom is -0.497 e. The number of hydrogen-bond donors (Lipinski definition) is 1. The third kappa shape index (κ3) is 5.58. The maximum atomic E-state index is 11.9. The van der Waals surface area contributed by atoms with Gasteiger partial charge in [0.15, 0.2) is 0 Å². The molecule has 1 N–H and O–H groups in total. The first-order chi connectivity index (χ1) is 11.2. The topological polar surface area (TPSA) is 60.0 Å². The van der Waals surface area contributed by atoms with Crippen molar-refractivity contribution < 1.29 is 19.0 Å². The van der Waals surface area contributed by atoms with E-state index < -0.39 is 0 Å². The summed E-state index contributed by atoms with van der Waals surface area (Å²) in [4.78, 5) is 14.2. The van der Waals surface area contributed by atoms with Crippen molar-refractivity contribution in [1.82, 2.24) is 10.2 Å². The molecule has 126 valence electrons. The molecule has 0 radical (unpaired) electrons. The lowest BCUT2D eigenvalue weighted by Crippen LogP contribution is -2.41. The molecule has 0 saturated carbocycles. The molecule has 0 aromatic heterocycles. The van der Waals surface area contributed by atoms with Gasteiger partial charge in [-0.3, -0.25) is 9.69 Å². The first-order valence-corrected chi connectivity index (χ1v) is 7.71. The molecule has 1 aliphatic rings. The van der Waals surface area contributed by atoms with Crippen molar-refractivity contribution in [3.05, 3.63) is 29.8 Å². The average molecular weight is 320 g/mol. The zero-order valence-corrected chi connectivity index (χ0v) is 13.7. The van der Waals surface area contributed by atoms with Gasteiger partial charge in [0, 0.05) is 37.8 Å².